The smallest absolute Gasteiger partial charge is 0.410 e. The molecule has 54 heavy (non-hydrogen) atoms. The van der Waals surface area contributed by atoms with E-state index in [1.54, 1.807) is 0 Å². The fraction of sp³-hybridized carbons (Fsp3) is 0.533. The molecule has 1 N–H and O–H groups in total. The van der Waals surface area contributed by atoms with Crippen LogP contribution in [0.1, 0.15) is 95.1 Å². The lowest BCUT2D eigenvalue weighted by molar-refractivity contribution is 0.0204. The molecule has 4 saturated heterocycles. The van der Waals surface area contributed by atoms with Crippen LogP contribution in [-0.4, -0.2) is 81.4 Å². The standard InChI is InChI=1S/C25H33NO4.C20H25NO2.ClH/c1-25(2,3)30-24(27)26-14-10-18(11-15-26)20-8-9-23(22-7-5-4-6-21(20)22)29-19-12-16-28-17-13-19;1-2-4-19-18(3-1)17(15-7-11-21-12-8-15)5-6-20(19)23-16-9-13-22-14-10-16;/h4-9,18-19H,10-17H2,1-3H3;1-6,15-16,21H,7-14H2;1H. The van der Waals surface area contributed by atoms with Crippen molar-refractivity contribution in [2.45, 2.75) is 102 Å². The molecule has 0 aromatic heterocycles. The topological polar surface area (TPSA) is 78.5 Å². The molecule has 0 radical (unpaired) electrons. The molecule has 292 valence electrons. The van der Waals surface area contributed by atoms with Crippen LogP contribution in [0.3, 0.4) is 0 Å². The minimum atomic E-state index is -0.454. The Labute approximate surface area is 327 Å². The van der Waals surface area contributed by atoms with Gasteiger partial charge in [-0.3, -0.25) is 0 Å². The second-order valence-corrected chi connectivity index (χ2v) is 16.0. The highest BCUT2D eigenvalue weighted by atomic mass is 35.5. The third kappa shape index (κ3) is 10.2. The van der Waals surface area contributed by atoms with Gasteiger partial charge in [0.15, 0.2) is 0 Å². The number of benzene rings is 4. The van der Waals surface area contributed by atoms with Gasteiger partial charge in [0, 0.05) is 49.5 Å². The van der Waals surface area contributed by atoms with E-state index in [0.717, 1.165) is 103 Å². The summed E-state index contributed by atoms with van der Waals surface area (Å²) in [6, 6.07) is 26.1. The lowest BCUT2D eigenvalue weighted by atomic mass is 9.86. The SMILES string of the molecule is CC(C)(C)OC(=O)N1CCC(c2ccc(OC3CCOCC3)c3ccccc23)CC1.Cl.c1ccc2c(C3CCNCC3)ccc(OC3CCOCC3)c2c1. The van der Waals surface area contributed by atoms with Crippen molar-refractivity contribution in [3.63, 3.8) is 0 Å². The molecule has 4 fully saturated rings. The number of nitrogens with zero attached hydrogens (tertiary/aromatic N) is 1. The zero-order valence-corrected chi connectivity index (χ0v) is 33.2. The summed E-state index contributed by atoms with van der Waals surface area (Å²) in [5.74, 6) is 3.10. The normalized spacial score (nSPS) is 19.4. The summed E-state index contributed by atoms with van der Waals surface area (Å²) in [5, 5.41) is 8.52. The number of carbonyl (C=O) groups excluding carboxylic acids is 1. The van der Waals surface area contributed by atoms with E-state index in [-0.39, 0.29) is 30.7 Å². The predicted molar refractivity (Wildman–Crippen MR) is 219 cm³/mol. The van der Waals surface area contributed by atoms with Crippen LogP contribution in [0.2, 0.25) is 0 Å². The number of piperidine rings is 2. The monoisotopic (exact) mass is 758 g/mol. The highest BCUT2D eigenvalue weighted by Gasteiger charge is 2.29. The average molecular weight is 759 g/mol. The first-order chi connectivity index (χ1) is 25.8. The molecule has 4 aromatic rings. The molecule has 4 aliphatic heterocycles. The van der Waals surface area contributed by atoms with E-state index in [2.05, 4.69) is 78.1 Å². The summed E-state index contributed by atoms with van der Waals surface area (Å²) in [7, 11) is 0. The Balaban J connectivity index is 0.000000187. The molecular weight excluding hydrogens is 700 g/mol. The molecule has 0 bridgehead atoms. The molecule has 0 spiro atoms. The van der Waals surface area contributed by atoms with Gasteiger partial charge < -0.3 is 33.9 Å². The van der Waals surface area contributed by atoms with Crippen LogP contribution in [0.5, 0.6) is 11.5 Å². The lowest BCUT2D eigenvalue weighted by Crippen LogP contribution is -2.41. The first-order valence-corrected chi connectivity index (χ1v) is 20.0. The zero-order chi connectivity index (χ0) is 36.6. The fourth-order valence-corrected chi connectivity index (χ4v) is 8.29. The highest BCUT2D eigenvalue weighted by Crippen LogP contribution is 2.39. The Kier molecular flexibility index (Phi) is 14.0. The minimum absolute atomic E-state index is 0. The number of fused-ring (bicyclic) bond motifs is 2. The van der Waals surface area contributed by atoms with Crippen LogP contribution in [0.15, 0.2) is 72.8 Å². The molecule has 9 heteroatoms. The third-order valence-corrected chi connectivity index (χ3v) is 11.1. The highest BCUT2D eigenvalue weighted by molar-refractivity contribution is 5.92. The fourth-order valence-electron chi connectivity index (χ4n) is 8.29. The van der Waals surface area contributed by atoms with E-state index < -0.39 is 5.60 Å². The molecule has 0 saturated carbocycles. The third-order valence-electron chi connectivity index (χ3n) is 11.1. The van der Waals surface area contributed by atoms with Gasteiger partial charge in [-0.1, -0.05) is 60.7 Å². The molecule has 0 atom stereocenters. The van der Waals surface area contributed by atoms with E-state index >= 15 is 0 Å². The van der Waals surface area contributed by atoms with Crippen molar-refractivity contribution < 1.29 is 28.5 Å². The summed E-state index contributed by atoms with van der Waals surface area (Å²) in [5.41, 5.74) is 2.39. The van der Waals surface area contributed by atoms with Gasteiger partial charge in [0.2, 0.25) is 0 Å². The van der Waals surface area contributed by atoms with E-state index in [1.165, 1.54) is 45.5 Å². The van der Waals surface area contributed by atoms with Crippen LogP contribution in [0.25, 0.3) is 21.5 Å². The molecule has 8 rings (SSSR count). The Morgan fingerprint density at radius 2 is 1.04 bits per heavy atom. The molecule has 1 amide bonds. The first kappa shape index (κ1) is 40.1. The van der Waals surface area contributed by atoms with Crippen LogP contribution < -0.4 is 14.8 Å². The molecule has 0 unspecified atom stereocenters. The molecule has 8 nitrogen and oxygen atoms in total. The van der Waals surface area contributed by atoms with E-state index in [4.69, 9.17) is 23.7 Å². The molecule has 4 aromatic carbocycles. The van der Waals surface area contributed by atoms with Gasteiger partial charge in [0.1, 0.15) is 29.3 Å². The van der Waals surface area contributed by atoms with E-state index in [9.17, 15) is 4.79 Å². The molecule has 4 heterocycles. The van der Waals surface area contributed by atoms with Crippen LogP contribution in [0, 0.1) is 0 Å². The number of ether oxygens (including phenoxy) is 5. The van der Waals surface area contributed by atoms with Crippen LogP contribution >= 0.6 is 12.4 Å². The second kappa shape index (κ2) is 18.9. The summed E-state index contributed by atoms with van der Waals surface area (Å²) in [6.07, 6.45) is 8.53. The van der Waals surface area contributed by atoms with Crippen molar-refractivity contribution in [2.75, 3.05) is 52.6 Å². The first-order valence-electron chi connectivity index (χ1n) is 20.0. The maximum Gasteiger partial charge on any atom is 0.410 e. The maximum atomic E-state index is 12.4. The Morgan fingerprint density at radius 1 is 0.611 bits per heavy atom. The molecule has 0 aliphatic carbocycles. The Morgan fingerprint density at radius 3 is 1.48 bits per heavy atom. The van der Waals surface area contributed by atoms with Gasteiger partial charge >= 0.3 is 6.09 Å². The summed E-state index contributed by atoms with van der Waals surface area (Å²) in [6.45, 7) is 12.6. The zero-order valence-electron chi connectivity index (χ0n) is 32.4. The van der Waals surface area contributed by atoms with Crippen molar-refractivity contribution in [3.05, 3.63) is 83.9 Å². The number of carbonyl (C=O) groups is 1. The number of rotatable bonds is 6. The molecule has 4 aliphatic rings. The second-order valence-electron chi connectivity index (χ2n) is 16.0. The van der Waals surface area contributed by atoms with Gasteiger partial charge in [0.05, 0.1) is 26.4 Å². The summed E-state index contributed by atoms with van der Waals surface area (Å²) < 4.78 is 29.1. The quantitative estimate of drug-likeness (QED) is 0.210. The summed E-state index contributed by atoms with van der Waals surface area (Å²) >= 11 is 0. The van der Waals surface area contributed by atoms with Gasteiger partial charge in [-0.05, 0) is 105 Å². The van der Waals surface area contributed by atoms with Gasteiger partial charge in [-0.2, -0.15) is 0 Å². The Hall–Kier alpha value is -3.56. The number of halogens is 1. The van der Waals surface area contributed by atoms with E-state index in [1.807, 2.05) is 25.7 Å². The van der Waals surface area contributed by atoms with Gasteiger partial charge in [-0.15, -0.1) is 12.4 Å². The van der Waals surface area contributed by atoms with Crippen LogP contribution in [0.4, 0.5) is 4.79 Å². The van der Waals surface area contributed by atoms with Crippen molar-refractivity contribution in [1.29, 1.82) is 0 Å². The average Bonchev–Trinajstić information content (AvgIpc) is 3.19. The van der Waals surface area contributed by atoms with Crippen molar-refractivity contribution in [1.82, 2.24) is 10.2 Å². The van der Waals surface area contributed by atoms with Crippen LogP contribution in [-0.2, 0) is 14.2 Å². The van der Waals surface area contributed by atoms with E-state index in [0.29, 0.717) is 11.8 Å². The van der Waals surface area contributed by atoms with Crippen molar-refractivity contribution >= 4 is 40.0 Å². The van der Waals surface area contributed by atoms with Crippen molar-refractivity contribution in [3.8, 4) is 11.5 Å². The number of amides is 1. The largest absolute Gasteiger partial charge is 0.490 e. The number of hydrogen-bond acceptors (Lipinski definition) is 7. The Bertz CT molecular complexity index is 1800. The van der Waals surface area contributed by atoms with Gasteiger partial charge in [0.25, 0.3) is 0 Å². The predicted octanol–water partition coefficient (Wildman–Crippen LogP) is 9.80. The minimum Gasteiger partial charge on any atom is -0.490 e. The maximum absolute atomic E-state index is 12.4. The molecular formula is C45H59ClN2O6. The summed E-state index contributed by atoms with van der Waals surface area (Å²) in [4.78, 5) is 14.2. The number of likely N-dealkylation sites (tertiary alicyclic amines) is 1. The number of hydrogen-bond donors (Lipinski definition) is 1. The van der Waals surface area contributed by atoms with Gasteiger partial charge in [-0.25, -0.2) is 4.79 Å². The lowest BCUT2D eigenvalue weighted by Gasteiger charge is -2.34. The van der Waals surface area contributed by atoms with Crippen molar-refractivity contribution in [2.24, 2.45) is 0 Å². The number of nitrogens with one attached hydrogen (secondary N) is 1.